The first kappa shape index (κ1) is 21.9. The smallest absolute Gasteiger partial charge is 0.257 e. The molecule has 6 heteroatoms. The van der Waals surface area contributed by atoms with Crippen LogP contribution in [0.4, 0.5) is 5.69 Å². The van der Waals surface area contributed by atoms with Gasteiger partial charge in [-0.25, -0.2) is 0 Å². The maximum atomic E-state index is 13.3. The number of aryl methyl sites for hydroxylation is 1. The number of aromatic amines is 1. The van der Waals surface area contributed by atoms with Gasteiger partial charge in [-0.05, 0) is 61.7 Å². The quantitative estimate of drug-likeness (QED) is 0.543. The monoisotopic (exact) mass is 432 g/mol. The summed E-state index contributed by atoms with van der Waals surface area (Å²) in [5, 5.41) is 7.18. The van der Waals surface area contributed by atoms with E-state index in [2.05, 4.69) is 54.1 Å². The van der Waals surface area contributed by atoms with Gasteiger partial charge in [-0.15, -0.1) is 0 Å². The Morgan fingerprint density at radius 2 is 1.81 bits per heavy atom. The molecule has 1 saturated heterocycles. The Bertz CT molecular complexity index is 1050. The number of rotatable bonds is 7. The summed E-state index contributed by atoms with van der Waals surface area (Å²) in [6.07, 6.45) is 3.79. The fourth-order valence-electron chi connectivity index (χ4n) is 4.12. The molecule has 1 amide bonds. The number of nitrogens with zero attached hydrogens (tertiary/aromatic N) is 3. The van der Waals surface area contributed by atoms with Crippen LogP contribution in [0.25, 0.3) is 11.3 Å². The highest BCUT2D eigenvalue weighted by Gasteiger charge is 2.26. The van der Waals surface area contributed by atoms with Crippen molar-refractivity contribution in [2.45, 2.75) is 33.6 Å². The largest absolute Gasteiger partial charge is 0.494 e. The minimum Gasteiger partial charge on any atom is -0.494 e. The number of aromatic nitrogens is 2. The van der Waals surface area contributed by atoms with E-state index in [1.807, 2.05) is 29.2 Å². The van der Waals surface area contributed by atoms with E-state index in [0.29, 0.717) is 18.7 Å². The van der Waals surface area contributed by atoms with Crippen molar-refractivity contribution in [3.63, 3.8) is 0 Å². The Hall–Kier alpha value is -3.28. The third kappa shape index (κ3) is 4.64. The molecule has 4 rings (SSSR count). The van der Waals surface area contributed by atoms with Crippen molar-refractivity contribution in [2.24, 2.45) is 0 Å². The number of amides is 1. The van der Waals surface area contributed by atoms with Gasteiger partial charge < -0.3 is 14.5 Å². The van der Waals surface area contributed by atoms with Gasteiger partial charge in [-0.3, -0.25) is 9.89 Å². The summed E-state index contributed by atoms with van der Waals surface area (Å²) < 4.78 is 5.75. The Kier molecular flexibility index (Phi) is 6.78. The van der Waals surface area contributed by atoms with Crippen molar-refractivity contribution in [1.82, 2.24) is 15.1 Å². The highest BCUT2D eigenvalue weighted by atomic mass is 16.5. The standard InChI is InChI=1S/C26H32N4O2/c1-4-5-17-32-22-11-9-21(10-12-22)25-23(18-27-28-25)26(31)30-15-13-29(14-16-30)24-8-6-7-19(2)20(24)3/h6-12,18H,4-5,13-17H2,1-3H3,(H,27,28). The molecule has 6 nitrogen and oxygen atoms in total. The van der Waals surface area contributed by atoms with Gasteiger partial charge in [0.1, 0.15) is 5.75 Å². The molecule has 0 bridgehead atoms. The number of carbonyl (C=O) groups excluding carboxylic acids is 1. The lowest BCUT2D eigenvalue weighted by molar-refractivity contribution is 0.0747. The average molecular weight is 433 g/mol. The third-order valence-electron chi connectivity index (χ3n) is 6.26. The van der Waals surface area contributed by atoms with E-state index in [9.17, 15) is 4.79 Å². The minimum absolute atomic E-state index is 0.0256. The SMILES string of the molecule is CCCCOc1ccc(-c2[nH]ncc2C(=O)N2CCN(c3cccc(C)c3C)CC2)cc1. The maximum absolute atomic E-state index is 13.3. The molecule has 0 radical (unpaired) electrons. The Balaban J connectivity index is 1.42. The van der Waals surface area contributed by atoms with Crippen molar-refractivity contribution in [1.29, 1.82) is 0 Å². The summed E-state index contributed by atoms with van der Waals surface area (Å²) in [6, 6.07) is 14.3. The lowest BCUT2D eigenvalue weighted by Gasteiger charge is -2.37. The Morgan fingerprint density at radius 1 is 1.06 bits per heavy atom. The normalized spacial score (nSPS) is 14.0. The number of piperazine rings is 1. The average Bonchev–Trinajstić information content (AvgIpc) is 3.31. The molecule has 3 aromatic rings. The molecule has 32 heavy (non-hydrogen) atoms. The number of hydrogen-bond acceptors (Lipinski definition) is 4. The van der Waals surface area contributed by atoms with E-state index in [1.165, 1.54) is 16.8 Å². The highest BCUT2D eigenvalue weighted by molar-refractivity contribution is 5.99. The van der Waals surface area contributed by atoms with Crippen LogP contribution >= 0.6 is 0 Å². The molecule has 2 aromatic carbocycles. The fourth-order valence-corrected chi connectivity index (χ4v) is 4.12. The maximum Gasteiger partial charge on any atom is 0.257 e. The molecule has 1 aliphatic rings. The van der Waals surface area contributed by atoms with Crippen LogP contribution in [0, 0.1) is 13.8 Å². The number of nitrogens with one attached hydrogen (secondary N) is 1. The second-order valence-electron chi connectivity index (χ2n) is 8.38. The first-order valence-corrected chi connectivity index (χ1v) is 11.5. The van der Waals surface area contributed by atoms with E-state index < -0.39 is 0 Å². The van der Waals surface area contributed by atoms with Gasteiger partial charge in [0, 0.05) is 37.4 Å². The van der Waals surface area contributed by atoms with Gasteiger partial charge in [0.05, 0.1) is 24.1 Å². The number of H-pyrrole nitrogens is 1. The zero-order valence-corrected chi connectivity index (χ0v) is 19.2. The molecule has 0 saturated carbocycles. The van der Waals surface area contributed by atoms with Crippen LogP contribution in [0.2, 0.25) is 0 Å². The van der Waals surface area contributed by atoms with E-state index in [1.54, 1.807) is 6.20 Å². The predicted octanol–water partition coefficient (Wildman–Crippen LogP) is 4.83. The summed E-state index contributed by atoms with van der Waals surface area (Å²) in [4.78, 5) is 17.6. The van der Waals surface area contributed by atoms with Crippen LogP contribution in [0.15, 0.2) is 48.7 Å². The van der Waals surface area contributed by atoms with E-state index in [-0.39, 0.29) is 5.91 Å². The van der Waals surface area contributed by atoms with Gasteiger partial charge in [0.2, 0.25) is 0 Å². The molecule has 0 aliphatic carbocycles. The molecule has 1 aliphatic heterocycles. The molecule has 1 aromatic heterocycles. The van der Waals surface area contributed by atoms with Crippen LogP contribution in [-0.4, -0.2) is 53.8 Å². The van der Waals surface area contributed by atoms with Crippen LogP contribution in [0.3, 0.4) is 0 Å². The molecule has 2 heterocycles. The van der Waals surface area contributed by atoms with Gasteiger partial charge in [-0.2, -0.15) is 5.10 Å². The molecule has 0 unspecified atom stereocenters. The third-order valence-corrected chi connectivity index (χ3v) is 6.26. The number of anilines is 1. The molecule has 1 fully saturated rings. The molecule has 168 valence electrons. The van der Waals surface area contributed by atoms with Crippen LogP contribution in [0.5, 0.6) is 5.75 Å². The zero-order valence-electron chi connectivity index (χ0n) is 19.2. The van der Waals surface area contributed by atoms with Crippen molar-refractivity contribution >= 4 is 11.6 Å². The molecular weight excluding hydrogens is 400 g/mol. The van der Waals surface area contributed by atoms with Crippen LogP contribution < -0.4 is 9.64 Å². The number of ether oxygens (including phenoxy) is 1. The molecule has 1 N–H and O–H groups in total. The molecule has 0 atom stereocenters. The van der Waals surface area contributed by atoms with E-state index in [0.717, 1.165) is 49.5 Å². The molecular formula is C26H32N4O2. The van der Waals surface area contributed by atoms with Crippen molar-refractivity contribution in [3.05, 3.63) is 65.4 Å². The van der Waals surface area contributed by atoms with Crippen molar-refractivity contribution in [2.75, 3.05) is 37.7 Å². The Labute approximate surface area is 190 Å². The first-order chi connectivity index (χ1) is 15.6. The summed E-state index contributed by atoms with van der Waals surface area (Å²) in [7, 11) is 0. The number of unbranched alkanes of at least 4 members (excludes halogenated alkanes) is 1. The van der Waals surface area contributed by atoms with Gasteiger partial charge in [0.15, 0.2) is 0 Å². The minimum atomic E-state index is 0.0256. The number of carbonyl (C=O) groups is 1. The van der Waals surface area contributed by atoms with Gasteiger partial charge >= 0.3 is 0 Å². The molecule has 0 spiro atoms. The second-order valence-corrected chi connectivity index (χ2v) is 8.38. The first-order valence-electron chi connectivity index (χ1n) is 11.5. The van der Waals surface area contributed by atoms with Crippen molar-refractivity contribution < 1.29 is 9.53 Å². The van der Waals surface area contributed by atoms with Gasteiger partial charge in [0.25, 0.3) is 5.91 Å². The van der Waals surface area contributed by atoms with Crippen LogP contribution in [0.1, 0.15) is 41.3 Å². The lowest BCUT2D eigenvalue weighted by atomic mass is 10.1. The summed E-state index contributed by atoms with van der Waals surface area (Å²) in [6.45, 7) is 10.2. The second kappa shape index (κ2) is 9.90. The summed E-state index contributed by atoms with van der Waals surface area (Å²) >= 11 is 0. The van der Waals surface area contributed by atoms with E-state index in [4.69, 9.17) is 4.74 Å². The fraction of sp³-hybridized carbons (Fsp3) is 0.385. The van der Waals surface area contributed by atoms with E-state index >= 15 is 0 Å². The lowest BCUT2D eigenvalue weighted by Crippen LogP contribution is -2.49. The number of benzene rings is 2. The van der Waals surface area contributed by atoms with Crippen LogP contribution in [-0.2, 0) is 0 Å². The van der Waals surface area contributed by atoms with Gasteiger partial charge in [-0.1, -0.05) is 25.5 Å². The predicted molar refractivity (Wildman–Crippen MR) is 128 cm³/mol. The topological polar surface area (TPSA) is 61.5 Å². The number of hydrogen-bond donors (Lipinski definition) is 1. The summed E-state index contributed by atoms with van der Waals surface area (Å²) in [5.74, 6) is 0.870. The Morgan fingerprint density at radius 3 is 2.53 bits per heavy atom. The zero-order chi connectivity index (χ0) is 22.5. The van der Waals surface area contributed by atoms with Crippen molar-refractivity contribution in [3.8, 4) is 17.0 Å². The summed E-state index contributed by atoms with van der Waals surface area (Å²) in [5.41, 5.74) is 6.18. The highest BCUT2D eigenvalue weighted by Crippen LogP contribution is 2.27.